The number of carbonyl (C=O) groups is 2. The van der Waals surface area contributed by atoms with Gasteiger partial charge in [-0.2, -0.15) is 0 Å². The van der Waals surface area contributed by atoms with Crippen LogP contribution < -0.4 is 10.2 Å². The van der Waals surface area contributed by atoms with E-state index < -0.39 is 5.91 Å². The molecule has 6 nitrogen and oxygen atoms in total. The van der Waals surface area contributed by atoms with Crippen molar-refractivity contribution in [2.75, 3.05) is 19.7 Å². The van der Waals surface area contributed by atoms with Gasteiger partial charge in [-0.05, 0) is 30.9 Å². The third-order valence-electron chi connectivity index (χ3n) is 4.95. The van der Waals surface area contributed by atoms with Crippen LogP contribution in [0.2, 0.25) is 0 Å². The Morgan fingerprint density at radius 1 is 1.29 bits per heavy atom. The van der Waals surface area contributed by atoms with Gasteiger partial charge in [-0.25, -0.2) is 5.48 Å². The number of carbonyl (C=O) groups excluding carboxylic acids is 2. The van der Waals surface area contributed by atoms with Crippen molar-refractivity contribution in [3.05, 3.63) is 29.3 Å². The van der Waals surface area contributed by atoms with Crippen molar-refractivity contribution in [3.63, 3.8) is 0 Å². The molecule has 130 valence electrons. The molecule has 0 saturated heterocycles. The molecule has 1 aromatic rings. The average Bonchev–Trinajstić information content (AvgIpc) is 2.60. The van der Waals surface area contributed by atoms with E-state index in [1.54, 1.807) is 23.7 Å². The first kappa shape index (κ1) is 16.8. The van der Waals surface area contributed by atoms with Crippen LogP contribution in [0.3, 0.4) is 0 Å². The van der Waals surface area contributed by atoms with E-state index in [0.717, 1.165) is 12.1 Å². The van der Waals surface area contributed by atoms with Gasteiger partial charge in [0.15, 0.2) is 0 Å². The van der Waals surface area contributed by atoms with Crippen LogP contribution in [0.15, 0.2) is 18.2 Å². The Hall–Kier alpha value is -2.08. The van der Waals surface area contributed by atoms with E-state index in [2.05, 4.69) is 0 Å². The molecular weight excluding hydrogens is 308 g/mol. The third kappa shape index (κ3) is 3.87. The number of nitrogens with one attached hydrogen (secondary N) is 1. The average molecular weight is 332 g/mol. The molecule has 3 rings (SSSR count). The number of ether oxygens (including phenoxy) is 1. The van der Waals surface area contributed by atoms with Gasteiger partial charge >= 0.3 is 0 Å². The lowest BCUT2D eigenvalue weighted by Gasteiger charge is -2.31. The zero-order valence-electron chi connectivity index (χ0n) is 13.8. The molecule has 1 heterocycles. The maximum absolute atomic E-state index is 12.6. The summed E-state index contributed by atoms with van der Waals surface area (Å²) in [6, 6.07) is 4.89. The van der Waals surface area contributed by atoms with E-state index in [0.29, 0.717) is 30.4 Å². The molecule has 1 fully saturated rings. The second-order valence-electron chi connectivity index (χ2n) is 6.63. The summed E-state index contributed by atoms with van der Waals surface area (Å²) in [6.45, 7) is 1.81. The Morgan fingerprint density at radius 2 is 2.08 bits per heavy atom. The van der Waals surface area contributed by atoms with Gasteiger partial charge in [0.05, 0.1) is 13.0 Å². The highest BCUT2D eigenvalue weighted by atomic mass is 16.5. The van der Waals surface area contributed by atoms with Crippen LogP contribution >= 0.6 is 0 Å². The van der Waals surface area contributed by atoms with Gasteiger partial charge in [0.2, 0.25) is 5.91 Å². The SMILES string of the molecule is O=C(NO)c1ccc2c(c1)OCCN(CC1CCCCC1)C(=O)C2. The number of benzene rings is 1. The molecule has 1 aromatic carbocycles. The summed E-state index contributed by atoms with van der Waals surface area (Å²) in [5.41, 5.74) is 2.70. The molecule has 0 bridgehead atoms. The molecule has 0 atom stereocenters. The van der Waals surface area contributed by atoms with E-state index in [1.807, 2.05) is 4.90 Å². The fourth-order valence-electron chi connectivity index (χ4n) is 3.58. The van der Waals surface area contributed by atoms with Crippen molar-refractivity contribution in [3.8, 4) is 5.75 Å². The Morgan fingerprint density at radius 3 is 2.83 bits per heavy atom. The predicted octanol–water partition coefficient (Wildman–Crippen LogP) is 2.15. The normalized spacial score (nSPS) is 19.0. The maximum Gasteiger partial charge on any atom is 0.274 e. The van der Waals surface area contributed by atoms with Gasteiger partial charge in [-0.15, -0.1) is 0 Å². The molecule has 2 aliphatic rings. The Kier molecular flexibility index (Phi) is 5.35. The topological polar surface area (TPSA) is 78.9 Å². The predicted molar refractivity (Wildman–Crippen MR) is 88.0 cm³/mol. The molecule has 0 unspecified atom stereocenters. The summed E-state index contributed by atoms with van der Waals surface area (Å²) < 4.78 is 5.78. The zero-order valence-corrected chi connectivity index (χ0v) is 13.8. The molecule has 2 N–H and O–H groups in total. The highest BCUT2D eigenvalue weighted by Crippen LogP contribution is 2.27. The monoisotopic (exact) mass is 332 g/mol. The van der Waals surface area contributed by atoms with E-state index in [-0.39, 0.29) is 12.3 Å². The lowest BCUT2D eigenvalue weighted by atomic mass is 9.89. The molecule has 6 heteroatoms. The quantitative estimate of drug-likeness (QED) is 0.657. The number of hydroxylamine groups is 1. The minimum atomic E-state index is -0.589. The number of rotatable bonds is 3. The molecule has 2 amide bonds. The first-order valence-corrected chi connectivity index (χ1v) is 8.65. The second-order valence-corrected chi connectivity index (χ2v) is 6.63. The van der Waals surface area contributed by atoms with Crippen LogP contribution in [0.4, 0.5) is 0 Å². The molecule has 1 saturated carbocycles. The van der Waals surface area contributed by atoms with E-state index in [9.17, 15) is 9.59 Å². The van der Waals surface area contributed by atoms with Gasteiger partial charge in [-0.1, -0.05) is 25.3 Å². The third-order valence-corrected chi connectivity index (χ3v) is 4.95. The minimum absolute atomic E-state index is 0.115. The molecule has 24 heavy (non-hydrogen) atoms. The number of hydrogen-bond donors (Lipinski definition) is 2. The lowest BCUT2D eigenvalue weighted by Crippen LogP contribution is -2.40. The van der Waals surface area contributed by atoms with Gasteiger partial charge in [-0.3, -0.25) is 14.8 Å². The van der Waals surface area contributed by atoms with Crippen molar-refractivity contribution >= 4 is 11.8 Å². The van der Waals surface area contributed by atoms with Crippen molar-refractivity contribution in [2.45, 2.75) is 38.5 Å². The first-order valence-electron chi connectivity index (χ1n) is 8.65. The van der Waals surface area contributed by atoms with Gasteiger partial charge < -0.3 is 9.64 Å². The summed E-state index contributed by atoms with van der Waals surface area (Å²) in [4.78, 5) is 26.1. The molecular formula is C18H24N2O4. The van der Waals surface area contributed by atoms with Crippen LogP contribution in [0.25, 0.3) is 0 Å². The molecule has 0 aromatic heterocycles. The summed E-state index contributed by atoms with van der Waals surface area (Å²) in [5, 5.41) is 8.72. The Balaban J connectivity index is 1.70. The largest absolute Gasteiger partial charge is 0.491 e. The number of amides is 2. The van der Waals surface area contributed by atoms with E-state index in [4.69, 9.17) is 9.94 Å². The van der Waals surface area contributed by atoms with Crippen LogP contribution in [0.5, 0.6) is 5.75 Å². The molecule has 1 aliphatic carbocycles. The molecule has 0 spiro atoms. The number of hydrogen-bond acceptors (Lipinski definition) is 4. The maximum atomic E-state index is 12.6. The van der Waals surface area contributed by atoms with Crippen molar-refractivity contribution < 1.29 is 19.5 Å². The number of nitrogens with zero attached hydrogens (tertiary/aromatic N) is 1. The number of fused-ring (bicyclic) bond motifs is 1. The smallest absolute Gasteiger partial charge is 0.274 e. The summed E-state index contributed by atoms with van der Waals surface area (Å²) in [6.07, 6.45) is 6.54. The second kappa shape index (κ2) is 7.66. The minimum Gasteiger partial charge on any atom is -0.491 e. The van der Waals surface area contributed by atoms with Gasteiger partial charge in [0, 0.05) is 17.7 Å². The van der Waals surface area contributed by atoms with Crippen LogP contribution in [0.1, 0.15) is 48.0 Å². The Labute approximate surface area is 141 Å². The van der Waals surface area contributed by atoms with Gasteiger partial charge in [0.1, 0.15) is 12.4 Å². The van der Waals surface area contributed by atoms with Crippen LogP contribution in [-0.4, -0.2) is 41.6 Å². The molecule has 0 radical (unpaired) electrons. The van der Waals surface area contributed by atoms with Crippen LogP contribution in [0, 0.1) is 5.92 Å². The van der Waals surface area contributed by atoms with E-state index >= 15 is 0 Å². The van der Waals surface area contributed by atoms with Gasteiger partial charge in [0.25, 0.3) is 5.91 Å². The first-order chi connectivity index (χ1) is 11.7. The zero-order chi connectivity index (χ0) is 16.9. The summed E-state index contributed by atoms with van der Waals surface area (Å²) in [5.74, 6) is 0.678. The fraction of sp³-hybridized carbons (Fsp3) is 0.556. The van der Waals surface area contributed by atoms with Crippen molar-refractivity contribution in [1.82, 2.24) is 10.4 Å². The standard InChI is InChI=1S/C18H24N2O4/c21-17-11-14-6-7-15(18(22)19-23)10-16(14)24-9-8-20(17)12-13-4-2-1-3-5-13/h6-7,10,13,23H,1-5,8-9,11-12H2,(H,19,22). The summed E-state index contributed by atoms with van der Waals surface area (Å²) >= 11 is 0. The fourth-order valence-corrected chi connectivity index (χ4v) is 3.58. The van der Waals surface area contributed by atoms with Crippen LogP contribution in [-0.2, 0) is 11.2 Å². The Bertz CT molecular complexity index is 611. The van der Waals surface area contributed by atoms with Crippen molar-refractivity contribution in [1.29, 1.82) is 0 Å². The van der Waals surface area contributed by atoms with E-state index in [1.165, 1.54) is 32.1 Å². The highest BCUT2D eigenvalue weighted by molar-refractivity contribution is 5.94. The lowest BCUT2D eigenvalue weighted by molar-refractivity contribution is -0.132. The summed E-state index contributed by atoms with van der Waals surface area (Å²) in [7, 11) is 0. The molecule has 1 aliphatic heterocycles. The highest BCUT2D eigenvalue weighted by Gasteiger charge is 2.24. The van der Waals surface area contributed by atoms with Crippen molar-refractivity contribution in [2.24, 2.45) is 5.92 Å².